The van der Waals surface area contributed by atoms with Gasteiger partial charge in [0, 0.05) is 58.4 Å². The van der Waals surface area contributed by atoms with Gasteiger partial charge in [-0.15, -0.1) is 11.3 Å². The summed E-state index contributed by atoms with van der Waals surface area (Å²) in [5, 5.41) is 23.5. The first-order valence-corrected chi connectivity index (χ1v) is 31.2. The molecule has 0 bridgehead atoms. The lowest BCUT2D eigenvalue weighted by molar-refractivity contribution is -0.144. The molecule has 464 valence electrons. The van der Waals surface area contributed by atoms with Gasteiger partial charge in [0.1, 0.15) is 41.0 Å². The maximum absolute atomic E-state index is 13.9. The largest absolute Gasteiger partial charge is 0.391 e. The van der Waals surface area contributed by atoms with Gasteiger partial charge in [-0.1, -0.05) is 92.9 Å². The van der Waals surface area contributed by atoms with Crippen LogP contribution >= 0.6 is 34.3 Å². The Balaban J connectivity index is 0.629. The molecule has 2 aliphatic heterocycles. The smallest absolute Gasteiger partial charge is 0.267 e. The maximum atomic E-state index is 13.9. The molecule has 5 aromatic rings. The van der Waals surface area contributed by atoms with Crippen LogP contribution in [0.3, 0.4) is 0 Å². The van der Waals surface area contributed by atoms with Gasteiger partial charge >= 0.3 is 0 Å². The van der Waals surface area contributed by atoms with Crippen molar-refractivity contribution in [3.05, 3.63) is 92.8 Å². The van der Waals surface area contributed by atoms with Gasteiger partial charge < -0.3 is 64.6 Å². The van der Waals surface area contributed by atoms with Crippen molar-refractivity contribution in [1.82, 2.24) is 40.4 Å². The van der Waals surface area contributed by atoms with Crippen LogP contribution in [0.15, 0.2) is 60.2 Å². The lowest BCUT2D eigenvalue weighted by Crippen LogP contribution is -2.58. The van der Waals surface area contributed by atoms with E-state index in [0.717, 1.165) is 91.5 Å². The summed E-state index contributed by atoms with van der Waals surface area (Å²) in [6.07, 6.45) is 5.22. The molecule has 22 nitrogen and oxygen atoms in total. The number of hydrogen-bond donors (Lipinski definition) is 5. The number of nitrogens with zero attached hydrogens (tertiary/aromatic N) is 7. The number of aliphatic hydroxyl groups excluding tert-OH is 1. The average molecular weight is 1230 g/mol. The standard InChI is InChI=1S/C60H84ClN11O11S2/c1-41-12-11-13-47(61)53(41)69-57(76)49-37-63-59(85-49)67-50-35-51(66-43(3)65-50)71-21-19-70(20-22-71)18-9-7-8-10-23-78-24-25-79-26-27-80-28-29-81-30-31-82-32-33-83-39-52(74)68-55(60(4,5)6)58(77)72-38-46(73)34-48(72)56(75)62-36-44-14-16-45(17-15-44)54-42(2)64-40-84-54/h11-17,35,37,40,46,48,55,73H,7-10,18-34,36,38-39H2,1-6H3,(H,62,75)(H,68,74)(H,69,76)(H,63,65,66,67)/t46-,48+,55-/m1/s1. The Kier molecular flexibility index (Phi) is 27.1. The van der Waals surface area contributed by atoms with Crippen LogP contribution in [0.5, 0.6) is 0 Å². The fourth-order valence-electron chi connectivity index (χ4n) is 9.63. The Bertz CT molecular complexity index is 2860. The molecule has 0 unspecified atom stereocenters. The monoisotopic (exact) mass is 1230 g/mol. The van der Waals surface area contributed by atoms with E-state index < -0.39 is 35.4 Å². The van der Waals surface area contributed by atoms with Gasteiger partial charge in [0.2, 0.25) is 17.7 Å². The molecule has 0 spiro atoms. The second kappa shape index (κ2) is 34.5. The van der Waals surface area contributed by atoms with E-state index in [1.807, 2.05) is 89.5 Å². The van der Waals surface area contributed by atoms with Crippen LogP contribution < -0.4 is 26.2 Å². The molecule has 5 heterocycles. The summed E-state index contributed by atoms with van der Waals surface area (Å²) in [5.74, 6) is 0.585. The van der Waals surface area contributed by atoms with Gasteiger partial charge in [-0.2, -0.15) is 0 Å². The molecule has 2 aliphatic rings. The number of β-amino-alcohol motifs (C(OH)–C–C–N with tert-alkyl or cyclic N) is 1. The zero-order valence-corrected chi connectivity index (χ0v) is 52.2. The highest BCUT2D eigenvalue weighted by Crippen LogP contribution is 2.31. The number of amides is 4. The normalized spacial score (nSPS) is 16.0. The fraction of sp³-hybridized carbons (Fsp3) is 0.567. The molecule has 5 N–H and O–H groups in total. The second-order valence-corrected chi connectivity index (χ2v) is 24.3. The number of para-hydroxylation sites is 1. The summed E-state index contributed by atoms with van der Waals surface area (Å²) in [4.78, 5) is 79.0. The predicted molar refractivity (Wildman–Crippen MR) is 330 cm³/mol. The molecule has 2 fully saturated rings. The van der Waals surface area contributed by atoms with E-state index in [0.29, 0.717) is 91.8 Å². The highest BCUT2D eigenvalue weighted by Gasteiger charge is 2.44. The predicted octanol–water partition coefficient (Wildman–Crippen LogP) is 7.22. The van der Waals surface area contributed by atoms with Crippen molar-refractivity contribution in [1.29, 1.82) is 0 Å². The van der Waals surface area contributed by atoms with Crippen molar-refractivity contribution in [2.24, 2.45) is 5.41 Å². The van der Waals surface area contributed by atoms with E-state index >= 15 is 0 Å². The van der Waals surface area contributed by atoms with E-state index in [4.69, 9.17) is 45.0 Å². The fourth-order valence-corrected chi connectivity index (χ4v) is 11.4. The van der Waals surface area contributed by atoms with Crippen molar-refractivity contribution in [2.45, 2.75) is 98.4 Å². The van der Waals surface area contributed by atoms with Gasteiger partial charge in [0.25, 0.3) is 5.91 Å². The molecule has 0 aliphatic carbocycles. The van der Waals surface area contributed by atoms with Gasteiger partial charge in [-0.3, -0.25) is 24.1 Å². The lowest BCUT2D eigenvalue weighted by Gasteiger charge is -2.35. The molecule has 3 atom stereocenters. The summed E-state index contributed by atoms with van der Waals surface area (Å²) in [6, 6.07) is 13.4. The summed E-state index contributed by atoms with van der Waals surface area (Å²) in [7, 11) is 0. The summed E-state index contributed by atoms with van der Waals surface area (Å²) >= 11 is 9.13. The first-order valence-electron chi connectivity index (χ1n) is 29.2. The van der Waals surface area contributed by atoms with E-state index in [1.54, 1.807) is 23.6 Å². The number of anilines is 4. The summed E-state index contributed by atoms with van der Waals surface area (Å²) in [6.45, 7) is 20.6. The third-order valence-corrected chi connectivity index (χ3v) is 16.5. The van der Waals surface area contributed by atoms with Gasteiger partial charge in [0.15, 0.2) is 5.13 Å². The number of halogens is 1. The Morgan fingerprint density at radius 1 is 0.788 bits per heavy atom. The van der Waals surface area contributed by atoms with E-state index in [-0.39, 0.29) is 51.1 Å². The topological polar surface area (TPSA) is 253 Å². The summed E-state index contributed by atoms with van der Waals surface area (Å²) in [5.41, 5.74) is 5.49. The molecular formula is C60H84ClN11O11S2. The number of unbranched alkanes of at least 4 members (excludes halogenated alkanes) is 3. The molecule has 7 rings (SSSR count). The number of carbonyl (C=O) groups is 4. The number of aryl methyl sites for hydroxylation is 3. The molecule has 2 saturated heterocycles. The molecule has 2 aromatic carbocycles. The first kappa shape index (κ1) is 66.8. The van der Waals surface area contributed by atoms with E-state index in [2.05, 4.69) is 46.0 Å². The number of piperazine rings is 1. The molecule has 4 amide bonds. The number of aromatic nitrogens is 4. The van der Waals surface area contributed by atoms with Gasteiger partial charge in [-0.25, -0.2) is 19.9 Å². The molecule has 85 heavy (non-hydrogen) atoms. The Morgan fingerprint density at radius 3 is 2.07 bits per heavy atom. The molecule has 25 heteroatoms. The Hall–Kier alpha value is -5.77. The van der Waals surface area contributed by atoms with Crippen molar-refractivity contribution >= 4 is 80.4 Å². The van der Waals surface area contributed by atoms with Crippen molar-refractivity contribution in [2.75, 3.05) is 134 Å². The molecular weight excluding hydrogens is 1150 g/mol. The minimum Gasteiger partial charge on any atom is -0.391 e. The number of nitrogens with one attached hydrogen (secondary N) is 4. The number of benzene rings is 2. The number of carbonyl (C=O) groups excluding carboxylic acids is 4. The number of ether oxygens (including phenoxy) is 6. The third-order valence-electron chi connectivity index (χ3n) is 14.3. The lowest BCUT2D eigenvalue weighted by atomic mass is 9.85. The highest BCUT2D eigenvalue weighted by atomic mass is 35.5. The zero-order chi connectivity index (χ0) is 60.6. The van der Waals surface area contributed by atoms with E-state index in [1.165, 1.54) is 16.2 Å². The van der Waals surface area contributed by atoms with Crippen LogP contribution in [0.4, 0.5) is 22.5 Å². The first-order chi connectivity index (χ1) is 41.0. The Morgan fingerprint density at radius 2 is 1.44 bits per heavy atom. The highest BCUT2D eigenvalue weighted by molar-refractivity contribution is 7.17. The van der Waals surface area contributed by atoms with Crippen LogP contribution in [0.1, 0.15) is 85.2 Å². The number of hydrogen-bond acceptors (Lipinski definition) is 20. The van der Waals surface area contributed by atoms with Crippen LogP contribution in [-0.4, -0.2) is 195 Å². The van der Waals surface area contributed by atoms with Gasteiger partial charge in [0.05, 0.1) is 105 Å². The number of thiazole rings is 2. The minimum absolute atomic E-state index is 0.0153. The Labute approximate surface area is 512 Å². The number of rotatable bonds is 35. The number of likely N-dealkylation sites (tertiary alicyclic amines) is 1. The van der Waals surface area contributed by atoms with Crippen molar-refractivity contribution in [3.63, 3.8) is 0 Å². The SMILES string of the molecule is Cc1nc(Nc2ncc(C(=O)Nc3c(C)cccc3Cl)s2)cc(N2CCN(CCCCCCOCCOCCOCCOCCOCCOCC(=O)N[C@H](C(=O)N3C[C@H](O)C[C@H]3C(=O)NCc3ccc(-c4scnc4C)cc3)C(C)(C)C)CC2)n1. The van der Waals surface area contributed by atoms with Crippen LogP contribution in [0, 0.1) is 26.2 Å². The van der Waals surface area contributed by atoms with Crippen LogP contribution in [0.25, 0.3) is 10.4 Å². The third kappa shape index (κ3) is 21.9. The zero-order valence-electron chi connectivity index (χ0n) is 49.8. The van der Waals surface area contributed by atoms with Crippen molar-refractivity contribution < 1.29 is 52.7 Å². The maximum Gasteiger partial charge on any atom is 0.267 e. The van der Waals surface area contributed by atoms with E-state index in [9.17, 15) is 24.3 Å². The average Bonchev–Trinajstić information content (AvgIpc) is 3.69. The molecule has 3 aromatic heterocycles. The van der Waals surface area contributed by atoms with Crippen LogP contribution in [-0.2, 0) is 49.3 Å². The molecule has 0 saturated carbocycles. The second-order valence-electron chi connectivity index (χ2n) is 22.0. The van der Waals surface area contributed by atoms with Crippen LogP contribution in [0.2, 0.25) is 5.02 Å². The summed E-state index contributed by atoms with van der Waals surface area (Å²) < 4.78 is 33.7. The van der Waals surface area contributed by atoms with Crippen molar-refractivity contribution in [3.8, 4) is 10.4 Å². The van der Waals surface area contributed by atoms with Gasteiger partial charge in [-0.05, 0) is 68.3 Å². The minimum atomic E-state index is -0.962. The number of aliphatic hydroxyl groups is 1. The quantitative estimate of drug-likeness (QED) is 0.0251. The molecule has 0 radical (unpaired) electrons.